The van der Waals surface area contributed by atoms with Gasteiger partial charge in [0.1, 0.15) is 0 Å². The Labute approximate surface area is 165 Å². The Kier molecular flexibility index (Phi) is 6.08. The van der Waals surface area contributed by atoms with Crippen molar-refractivity contribution in [2.75, 3.05) is 14.1 Å². The van der Waals surface area contributed by atoms with Crippen LogP contribution in [0.5, 0.6) is 0 Å². The molecule has 8 nitrogen and oxygen atoms in total. The summed E-state index contributed by atoms with van der Waals surface area (Å²) in [7, 11) is 5.80. The van der Waals surface area contributed by atoms with Gasteiger partial charge >= 0.3 is 0 Å². The van der Waals surface area contributed by atoms with Crippen LogP contribution in [0.4, 0.5) is 0 Å². The Hall–Kier alpha value is -3.16. The van der Waals surface area contributed by atoms with Gasteiger partial charge in [-0.25, -0.2) is 9.67 Å². The molecule has 1 N–H and O–H groups in total. The highest BCUT2D eigenvalue weighted by molar-refractivity contribution is 5.79. The van der Waals surface area contributed by atoms with Crippen LogP contribution in [-0.4, -0.2) is 49.5 Å². The van der Waals surface area contributed by atoms with Gasteiger partial charge < -0.3 is 10.2 Å². The van der Waals surface area contributed by atoms with Crippen molar-refractivity contribution in [2.24, 2.45) is 12.0 Å². The lowest BCUT2D eigenvalue weighted by atomic mass is 10.1. The molecule has 0 atom stereocenters. The zero-order valence-electron chi connectivity index (χ0n) is 17.2. The quantitative estimate of drug-likeness (QED) is 0.525. The van der Waals surface area contributed by atoms with Crippen LogP contribution >= 0.6 is 0 Å². The second-order valence-electron chi connectivity index (χ2n) is 7.10. The molecule has 0 bridgehead atoms. The zero-order valence-corrected chi connectivity index (χ0v) is 17.2. The molecule has 8 heteroatoms. The minimum absolute atomic E-state index is 0.386. The van der Waals surface area contributed by atoms with Crippen LogP contribution in [0.3, 0.4) is 0 Å². The lowest BCUT2D eigenvalue weighted by Gasteiger charge is -2.22. The van der Waals surface area contributed by atoms with E-state index >= 15 is 0 Å². The SMILES string of the molecule is CN=C(NCc1ccnc(-n2cccn2)c1)N(C)Cc1cn(C)nc1C(C)C. The van der Waals surface area contributed by atoms with Crippen molar-refractivity contribution in [3.63, 3.8) is 0 Å². The molecular formula is C20H28N8. The Bertz CT molecular complexity index is 924. The summed E-state index contributed by atoms with van der Waals surface area (Å²) in [4.78, 5) is 10.9. The highest BCUT2D eigenvalue weighted by Crippen LogP contribution is 2.18. The first-order chi connectivity index (χ1) is 13.5. The van der Waals surface area contributed by atoms with Crippen molar-refractivity contribution in [2.45, 2.75) is 32.9 Å². The van der Waals surface area contributed by atoms with Gasteiger partial charge in [-0.3, -0.25) is 9.67 Å². The topological polar surface area (TPSA) is 76.2 Å². The Morgan fingerprint density at radius 1 is 1.32 bits per heavy atom. The van der Waals surface area contributed by atoms with Crippen molar-refractivity contribution in [3.8, 4) is 5.82 Å². The monoisotopic (exact) mass is 380 g/mol. The molecule has 0 aliphatic rings. The number of rotatable bonds is 6. The first-order valence-corrected chi connectivity index (χ1v) is 9.37. The largest absolute Gasteiger partial charge is 0.352 e. The molecule has 0 aliphatic heterocycles. The summed E-state index contributed by atoms with van der Waals surface area (Å²) in [6.07, 6.45) is 7.50. The normalized spacial score (nSPS) is 11.9. The minimum Gasteiger partial charge on any atom is -0.352 e. The van der Waals surface area contributed by atoms with Gasteiger partial charge in [-0.2, -0.15) is 10.2 Å². The van der Waals surface area contributed by atoms with E-state index < -0.39 is 0 Å². The standard InChI is InChI=1S/C20H28N8/c1-15(2)19-17(14-27(5)25-19)13-26(4)20(21-3)23-12-16-7-9-22-18(11-16)28-10-6-8-24-28/h6-11,14-15H,12-13H2,1-5H3,(H,21,23). The van der Waals surface area contributed by atoms with Crippen molar-refractivity contribution >= 4 is 5.96 Å². The Morgan fingerprint density at radius 2 is 2.14 bits per heavy atom. The summed E-state index contributed by atoms with van der Waals surface area (Å²) in [5, 5.41) is 12.2. The number of pyridine rings is 1. The lowest BCUT2D eigenvalue weighted by molar-refractivity contribution is 0.473. The van der Waals surface area contributed by atoms with E-state index in [4.69, 9.17) is 0 Å². The van der Waals surface area contributed by atoms with Crippen LogP contribution in [0.25, 0.3) is 5.82 Å². The third-order valence-corrected chi connectivity index (χ3v) is 4.46. The maximum absolute atomic E-state index is 4.59. The fourth-order valence-corrected chi connectivity index (χ4v) is 3.16. The van der Waals surface area contributed by atoms with Gasteiger partial charge in [-0.15, -0.1) is 0 Å². The van der Waals surface area contributed by atoms with Gasteiger partial charge in [0, 0.05) is 64.6 Å². The number of guanidine groups is 1. The minimum atomic E-state index is 0.386. The summed E-state index contributed by atoms with van der Waals surface area (Å²) >= 11 is 0. The van der Waals surface area contributed by atoms with E-state index in [9.17, 15) is 0 Å². The van der Waals surface area contributed by atoms with Crippen LogP contribution in [0, 0.1) is 0 Å². The van der Waals surface area contributed by atoms with Gasteiger partial charge in [0.2, 0.25) is 0 Å². The summed E-state index contributed by atoms with van der Waals surface area (Å²) in [5.41, 5.74) is 3.45. The van der Waals surface area contributed by atoms with E-state index in [0.717, 1.165) is 29.6 Å². The number of aromatic nitrogens is 5. The Balaban J connectivity index is 1.66. The first kappa shape index (κ1) is 19.6. The smallest absolute Gasteiger partial charge is 0.193 e. The second-order valence-corrected chi connectivity index (χ2v) is 7.10. The number of hydrogen-bond donors (Lipinski definition) is 1. The highest BCUT2D eigenvalue weighted by atomic mass is 15.3. The average Bonchev–Trinajstić information content (AvgIpc) is 3.32. The molecule has 0 saturated heterocycles. The molecule has 0 aliphatic carbocycles. The molecule has 0 unspecified atom stereocenters. The molecule has 0 amide bonds. The first-order valence-electron chi connectivity index (χ1n) is 9.37. The molecular weight excluding hydrogens is 352 g/mol. The van der Waals surface area contributed by atoms with Crippen LogP contribution in [0.2, 0.25) is 0 Å². The van der Waals surface area contributed by atoms with E-state index in [2.05, 4.69) is 50.4 Å². The predicted octanol–water partition coefficient (Wildman–Crippen LogP) is 2.33. The zero-order chi connectivity index (χ0) is 20.1. The van der Waals surface area contributed by atoms with Gasteiger partial charge in [0.05, 0.1) is 5.69 Å². The van der Waals surface area contributed by atoms with Crippen LogP contribution in [0.1, 0.15) is 36.6 Å². The summed E-state index contributed by atoms with van der Waals surface area (Å²) in [5.74, 6) is 2.01. The van der Waals surface area contributed by atoms with Crippen LogP contribution < -0.4 is 5.32 Å². The second kappa shape index (κ2) is 8.69. The highest BCUT2D eigenvalue weighted by Gasteiger charge is 2.15. The number of nitrogens with one attached hydrogen (secondary N) is 1. The van der Waals surface area contributed by atoms with Crippen molar-refractivity contribution in [1.82, 2.24) is 34.8 Å². The van der Waals surface area contributed by atoms with Crippen LogP contribution in [-0.2, 0) is 20.1 Å². The fraction of sp³-hybridized carbons (Fsp3) is 0.400. The number of nitrogens with zero attached hydrogens (tertiary/aromatic N) is 7. The number of hydrogen-bond acceptors (Lipinski definition) is 4. The third kappa shape index (κ3) is 4.57. The summed E-state index contributed by atoms with van der Waals surface area (Å²) < 4.78 is 3.63. The Morgan fingerprint density at radius 3 is 2.82 bits per heavy atom. The fourth-order valence-electron chi connectivity index (χ4n) is 3.16. The van der Waals surface area contributed by atoms with E-state index in [1.807, 2.05) is 43.2 Å². The molecule has 0 aromatic carbocycles. The van der Waals surface area contributed by atoms with Crippen molar-refractivity contribution < 1.29 is 0 Å². The molecule has 0 radical (unpaired) electrons. The lowest BCUT2D eigenvalue weighted by Crippen LogP contribution is -2.38. The van der Waals surface area contributed by atoms with Crippen LogP contribution in [0.15, 0.2) is 48.0 Å². The maximum Gasteiger partial charge on any atom is 0.193 e. The predicted molar refractivity (Wildman–Crippen MR) is 110 cm³/mol. The van der Waals surface area contributed by atoms with E-state index in [1.54, 1.807) is 24.1 Å². The molecule has 0 spiro atoms. The molecule has 28 heavy (non-hydrogen) atoms. The number of aryl methyl sites for hydroxylation is 1. The molecule has 0 fully saturated rings. The molecule has 3 rings (SSSR count). The van der Waals surface area contributed by atoms with E-state index in [0.29, 0.717) is 12.5 Å². The van der Waals surface area contributed by atoms with Crippen molar-refractivity contribution in [1.29, 1.82) is 0 Å². The van der Waals surface area contributed by atoms with Gasteiger partial charge in [-0.05, 0) is 29.7 Å². The molecule has 0 saturated carbocycles. The molecule has 3 heterocycles. The number of aliphatic imine (C=N–C) groups is 1. The van der Waals surface area contributed by atoms with E-state index in [-0.39, 0.29) is 0 Å². The van der Waals surface area contributed by atoms with Gasteiger partial charge in [-0.1, -0.05) is 13.8 Å². The average molecular weight is 381 g/mol. The third-order valence-electron chi connectivity index (χ3n) is 4.46. The molecule has 148 valence electrons. The molecule has 3 aromatic heterocycles. The summed E-state index contributed by atoms with van der Waals surface area (Å²) in [6.45, 7) is 5.73. The van der Waals surface area contributed by atoms with Crippen molar-refractivity contribution in [3.05, 3.63) is 59.8 Å². The van der Waals surface area contributed by atoms with Gasteiger partial charge in [0.15, 0.2) is 11.8 Å². The van der Waals surface area contributed by atoms with E-state index in [1.165, 1.54) is 5.56 Å². The maximum atomic E-state index is 4.59. The summed E-state index contributed by atoms with van der Waals surface area (Å²) in [6, 6.07) is 5.89. The molecule has 3 aromatic rings. The van der Waals surface area contributed by atoms with Gasteiger partial charge in [0.25, 0.3) is 0 Å².